The molecule has 0 spiro atoms. The van der Waals surface area contributed by atoms with Gasteiger partial charge in [-0.25, -0.2) is 9.59 Å². The number of hydrogen-bond acceptors (Lipinski definition) is 4. The van der Waals surface area contributed by atoms with Crippen LogP contribution >= 0.6 is 22.6 Å². The predicted molar refractivity (Wildman–Crippen MR) is 143 cm³/mol. The van der Waals surface area contributed by atoms with Gasteiger partial charge in [0, 0.05) is 40.3 Å². The SMILES string of the molecule is COC(=O)c1cc2c(I)c(CC(F)(F)F)n(C)c2cc1-c1ccc2c(c1)CCN(C(=O)OC(C)(C)C)C2. The van der Waals surface area contributed by atoms with E-state index in [9.17, 15) is 22.8 Å². The summed E-state index contributed by atoms with van der Waals surface area (Å²) in [5, 5.41) is 0.567. The molecule has 0 atom stereocenters. The maximum absolute atomic E-state index is 13.2. The molecule has 2 aromatic carbocycles. The Bertz CT molecular complexity index is 1390. The summed E-state index contributed by atoms with van der Waals surface area (Å²) in [4.78, 5) is 26.9. The standard InChI is InChI=1S/C27H28F3IN2O4/c1-26(2,3)37-25(35)33-9-8-15-10-16(6-7-17(15)14-33)18-12-21-20(11-19(18)24(34)36-5)23(31)22(32(21)4)13-27(28,29)30/h6-7,10-12H,8-9,13-14H2,1-5H3. The molecule has 0 aliphatic carbocycles. The van der Waals surface area contributed by atoms with Crippen molar-refractivity contribution in [3.63, 3.8) is 0 Å². The Morgan fingerprint density at radius 1 is 1.08 bits per heavy atom. The van der Waals surface area contributed by atoms with Crippen LogP contribution in [0.4, 0.5) is 18.0 Å². The quantitative estimate of drug-likeness (QED) is 0.241. The van der Waals surface area contributed by atoms with Crippen LogP contribution in [0.5, 0.6) is 0 Å². The van der Waals surface area contributed by atoms with Crippen molar-refractivity contribution in [1.29, 1.82) is 0 Å². The van der Waals surface area contributed by atoms with Crippen LogP contribution in [0.2, 0.25) is 0 Å². The molecule has 6 nitrogen and oxygen atoms in total. The number of alkyl halides is 3. The molecule has 4 rings (SSSR count). The molecule has 0 unspecified atom stereocenters. The van der Waals surface area contributed by atoms with Crippen LogP contribution in [0.25, 0.3) is 22.0 Å². The van der Waals surface area contributed by atoms with Gasteiger partial charge in [-0.15, -0.1) is 0 Å². The second-order valence-electron chi connectivity index (χ2n) is 10.2. The number of carbonyl (C=O) groups is 2. The van der Waals surface area contributed by atoms with Gasteiger partial charge in [0.2, 0.25) is 0 Å². The molecule has 2 heterocycles. The molecule has 1 amide bonds. The lowest BCUT2D eigenvalue weighted by Gasteiger charge is -2.31. The molecule has 37 heavy (non-hydrogen) atoms. The average molecular weight is 628 g/mol. The summed E-state index contributed by atoms with van der Waals surface area (Å²) in [6, 6.07) is 9.11. The highest BCUT2D eigenvalue weighted by molar-refractivity contribution is 14.1. The lowest BCUT2D eigenvalue weighted by Crippen LogP contribution is -2.39. The van der Waals surface area contributed by atoms with E-state index in [1.807, 2.05) is 61.6 Å². The highest BCUT2D eigenvalue weighted by Crippen LogP contribution is 2.37. The first kappa shape index (κ1) is 27.3. The van der Waals surface area contributed by atoms with E-state index in [0.717, 1.165) is 16.7 Å². The molecule has 0 saturated heterocycles. The molecule has 198 valence electrons. The van der Waals surface area contributed by atoms with Gasteiger partial charge in [-0.2, -0.15) is 13.2 Å². The van der Waals surface area contributed by atoms with Crippen molar-refractivity contribution in [2.24, 2.45) is 7.05 Å². The number of halogens is 4. The van der Waals surface area contributed by atoms with E-state index in [1.165, 1.54) is 11.7 Å². The Morgan fingerprint density at radius 3 is 2.41 bits per heavy atom. The van der Waals surface area contributed by atoms with Gasteiger partial charge in [0.1, 0.15) is 5.60 Å². The van der Waals surface area contributed by atoms with Gasteiger partial charge in [-0.3, -0.25) is 0 Å². The number of nitrogens with zero attached hydrogens (tertiary/aromatic N) is 2. The lowest BCUT2D eigenvalue weighted by molar-refractivity contribution is -0.128. The van der Waals surface area contributed by atoms with Gasteiger partial charge in [0.15, 0.2) is 0 Å². The van der Waals surface area contributed by atoms with Crippen molar-refractivity contribution in [2.75, 3.05) is 13.7 Å². The smallest absolute Gasteiger partial charge is 0.410 e. The van der Waals surface area contributed by atoms with Crippen LogP contribution < -0.4 is 0 Å². The molecule has 0 radical (unpaired) electrons. The highest BCUT2D eigenvalue weighted by Gasteiger charge is 2.32. The van der Waals surface area contributed by atoms with Gasteiger partial charge in [-0.05, 0) is 84.2 Å². The van der Waals surface area contributed by atoms with Crippen molar-refractivity contribution in [3.8, 4) is 11.1 Å². The minimum absolute atomic E-state index is 0.142. The van der Waals surface area contributed by atoms with E-state index >= 15 is 0 Å². The van der Waals surface area contributed by atoms with Crippen LogP contribution in [-0.4, -0.2) is 47.0 Å². The third-order valence-corrected chi connectivity index (χ3v) is 7.55. The number of fused-ring (bicyclic) bond motifs is 2. The Hall–Kier alpha value is -2.76. The fourth-order valence-corrected chi connectivity index (χ4v) is 5.58. The first-order chi connectivity index (χ1) is 17.2. The fourth-order valence-electron chi connectivity index (χ4n) is 4.60. The molecule has 1 aliphatic rings. The summed E-state index contributed by atoms with van der Waals surface area (Å²) in [5.74, 6) is -0.567. The van der Waals surface area contributed by atoms with Gasteiger partial charge in [0.25, 0.3) is 0 Å². The number of amides is 1. The molecular formula is C27H28F3IN2O4. The topological polar surface area (TPSA) is 60.8 Å². The summed E-state index contributed by atoms with van der Waals surface area (Å²) in [6.45, 7) is 6.37. The van der Waals surface area contributed by atoms with E-state index in [1.54, 1.807) is 24.1 Å². The Morgan fingerprint density at radius 2 is 1.78 bits per heavy atom. The van der Waals surface area contributed by atoms with Gasteiger partial charge < -0.3 is 18.9 Å². The summed E-state index contributed by atoms with van der Waals surface area (Å²) in [6.07, 6.45) is -5.18. The molecule has 0 bridgehead atoms. The van der Waals surface area contributed by atoms with Crippen LogP contribution in [0.1, 0.15) is 48.0 Å². The fraction of sp³-hybridized carbons (Fsp3) is 0.407. The zero-order valence-corrected chi connectivity index (χ0v) is 23.4. The minimum atomic E-state index is -4.36. The summed E-state index contributed by atoms with van der Waals surface area (Å²) < 4.78 is 52.2. The van der Waals surface area contributed by atoms with E-state index in [2.05, 4.69) is 0 Å². The third kappa shape index (κ3) is 5.73. The maximum atomic E-state index is 13.2. The number of hydrogen-bond donors (Lipinski definition) is 0. The van der Waals surface area contributed by atoms with Crippen molar-refractivity contribution >= 4 is 45.6 Å². The minimum Gasteiger partial charge on any atom is -0.465 e. The third-order valence-electron chi connectivity index (χ3n) is 6.35. The van der Waals surface area contributed by atoms with Crippen molar-refractivity contribution in [2.45, 2.75) is 51.9 Å². The lowest BCUT2D eigenvalue weighted by atomic mass is 9.92. The normalized spacial score (nSPS) is 14.0. The number of aromatic nitrogens is 1. The van der Waals surface area contributed by atoms with Crippen molar-refractivity contribution in [1.82, 2.24) is 9.47 Å². The largest absolute Gasteiger partial charge is 0.465 e. The molecule has 10 heteroatoms. The first-order valence-corrected chi connectivity index (χ1v) is 12.8. The van der Waals surface area contributed by atoms with Gasteiger partial charge >= 0.3 is 18.2 Å². The Kier molecular flexibility index (Phi) is 7.26. The number of methoxy groups -OCH3 is 1. The van der Waals surface area contributed by atoms with E-state index in [-0.39, 0.29) is 17.4 Å². The summed E-state index contributed by atoms with van der Waals surface area (Å²) in [7, 11) is 2.88. The molecule has 1 aromatic heterocycles. The second-order valence-corrected chi connectivity index (χ2v) is 11.2. The van der Waals surface area contributed by atoms with E-state index < -0.39 is 24.2 Å². The second kappa shape index (κ2) is 9.85. The maximum Gasteiger partial charge on any atom is 0.410 e. The number of rotatable bonds is 3. The average Bonchev–Trinajstić information content (AvgIpc) is 3.04. The van der Waals surface area contributed by atoms with Gasteiger partial charge in [-0.1, -0.05) is 18.2 Å². The Balaban J connectivity index is 1.76. The number of esters is 1. The van der Waals surface area contributed by atoms with E-state index in [4.69, 9.17) is 9.47 Å². The van der Waals surface area contributed by atoms with Crippen LogP contribution in [0.3, 0.4) is 0 Å². The number of carbonyl (C=O) groups excluding carboxylic acids is 2. The van der Waals surface area contributed by atoms with Crippen molar-refractivity contribution < 1.29 is 32.2 Å². The van der Waals surface area contributed by atoms with Crippen LogP contribution in [-0.2, 0) is 35.9 Å². The summed E-state index contributed by atoms with van der Waals surface area (Å²) >= 11 is 1.91. The number of ether oxygens (including phenoxy) is 2. The zero-order valence-electron chi connectivity index (χ0n) is 21.3. The van der Waals surface area contributed by atoms with Crippen molar-refractivity contribution in [3.05, 3.63) is 56.3 Å². The molecule has 0 saturated carbocycles. The number of aryl methyl sites for hydroxylation is 1. The molecule has 3 aromatic rings. The molecule has 1 aliphatic heterocycles. The molecule has 0 fully saturated rings. The van der Waals surface area contributed by atoms with Gasteiger partial charge in [0.05, 0.1) is 19.1 Å². The van der Waals surface area contributed by atoms with Crippen LogP contribution in [0.15, 0.2) is 30.3 Å². The van der Waals surface area contributed by atoms with E-state index in [0.29, 0.717) is 39.5 Å². The summed E-state index contributed by atoms with van der Waals surface area (Å²) in [5.41, 5.74) is 3.77. The zero-order chi connectivity index (χ0) is 27.3. The highest BCUT2D eigenvalue weighted by atomic mass is 127. The molecule has 0 N–H and O–H groups in total. The predicted octanol–water partition coefficient (Wildman–Crippen LogP) is 6.63. The van der Waals surface area contributed by atoms with Crippen LogP contribution in [0, 0.1) is 3.57 Å². The number of benzene rings is 2. The molecular weight excluding hydrogens is 600 g/mol. The Labute approximate surface area is 226 Å². The first-order valence-electron chi connectivity index (χ1n) is 11.7. The monoisotopic (exact) mass is 628 g/mol.